The van der Waals surface area contributed by atoms with Gasteiger partial charge < -0.3 is 10.1 Å². The quantitative estimate of drug-likeness (QED) is 0.582. The molecule has 0 saturated carbocycles. The first-order chi connectivity index (χ1) is 12.2. The van der Waals surface area contributed by atoms with Crippen molar-refractivity contribution in [1.29, 1.82) is 0 Å². The van der Waals surface area contributed by atoms with Gasteiger partial charge in [-0.15, -0.1) is 0 Å². The van der Waals surface area contributed by atoms with Crippen molar-refractivity contribution in [2.75, 3.05) is 7.11 Å². The first-order valence-corrected chi connectivity index (χ1v) is 7.89. The van der Waals surface area contributed by atoms with E-state index in [1.807, 2.05) is 0 Å². The zero-order valence-electron chi connectivity index (χ0n) is 14.8. The van der Waals surface area contributed by atoms with Crippen LogP contribution in [0.2, 0.25) is 0 Å². The van der Waals surface area contributed by atoms with Crippen molar-refractivity contribution in [2.45, 2.75) is 45.1 Å². The number of benzene rings is 1. The zero-order chi connectivity index (χ0) is 21.0. The highest BCUT2D eigenvalue weighted by molar-refractivity contribution is 5.85. The Morgan fingerprint density at radius 1 is 1.00 bits per heavy atom. The first-order valence-electron chi connectivity index (χ1n) is 7.89. The van der Waals surface area contributed by atoms with Crippen LogP contribution in [0.15, 0.2) is 18.2 Å². The molecule has 0 unspecified atom stereocenters. The van der Waals surface area contributed by atoms with E-state index in [2.05, 4.69) is 10.1 Å². The highest BCUT2D eigenvalue weighted by Crippen LogP contribution is 2.36. The Kier molecular flexibility index (Phi) is 7.27. The van der Waals surface area contributed by atoms with Gasteiger partial charge in [0.2, 0.25) is 5.91 Å². The maximum atomic E-state index is 12.8. The summed E-state index contributed by atoms with van der Waals surface area (Å²) in [5, 5.41) is 2.29. The summed E-state index contributed by atoms with van der Waals surface area (Å²) in [6.45, 7) is 3.54. The van der Waals surface area contributed by atoms with Gasteiger partial charge in [0, 0.05) is 0 Å². The zero-order valence-corrected chi connectivity index (χ0v) is 14.8. The summed E-state index contributed by atoms with van der Waals surface area (Å²) >= 11 is 0. The van der Waals surface area contributed by atoms with Gasteiger partial charge in [-0.1, -0.05) is 13.8 Å². The number of hydrogen-bond acceptors (Lipinski definition) is 3. The van der Waals surface area contributed by atoms with E-state index in [4.69, 9.17) is 0 Å². The van der Waals surface area contributed by atoms with Gasteiger partial charge in [0.15, 0.2) is 0 Å². The number of nitrogens with one attached hydrogen (secondary N) is 1. The number of esters is 1. The van der Waals surface area contributed by atoms with E-state index in [9.17, 15) is 35.9 Å². The maximum absolute atomic E-state index is 12.8. The second kappa shape index (κ2) is 8.62. The summed E-state index contributed by atoms with van der Waals surface area (Å²) in [6, 6.07) is -0.109. The topological polar surface area (TPSA) is 55.4 Å². The van der Waals surface area contributed by atoms with Gasteiger partial charge in [0.05, 0.1) is 24.7 Å². The SMILES string of the molecule is COC(=O)[C@H](CC(C)C)NC(=O)Cc1cc(C(F)(F)F)cc(C(F)(F)F)c1. The average molecular weight is 399 g/mol. The molecule has 152 valence electrons. The lowest BCUT2D eigenvalue weighted by Gasteiger charge is -2.19. The summed E-state index contributed by atoms with van der Waals surface area (Å²) in [5.41, 5.74) is -3.48. The molecule has 1 atom stereocenters. The Hall–Kier alpha value is -2.26. The highest BCUT2D eigenvalue weighted by Gasteiger charge is 2.37. The summed E-state index contributed by atoms with van der Waals surface area (Å²) in [6.07, 6.45) is -10.6. The second-order valence-electron chi connectivity index (χ2n) is 6.36. The monoisotopic (exact) mass is 399 g/mol. The Bertz CT molecular complexity index is 650. The van der Waals surface area contributed by atoms with Crippen molar-refractivity contribution in [3.05, 3.63) is 34.9 Å². The molecule has 1 aromatic rings. The second-order valence-corrected chi connectivity index (χ2v) is 6.36. The van der Waals surface area contributed by atoms with E-state index < -0.39 is 53.4 Å². The van der Waals surface area contributed by atoms with Gasteiger partial charge in [-0.2, -0.15) is 26.3 Å². The molecule has 0 bridgehead atoms. The van der Waals surface area contributed by atoms with Gasteiger partial charge >= 0.3 is 18.3 Å². The molecule has 4 nitrogen and oxygen atoms in total. The van der Waals surface area contributed by atoms with Crippen LogP contribution >= 0.6 is 0 Å². The molecule has 0 aromatic heterocycles. The van der Waals surface area contributed by atoms with Crippen molar-refractivity contribution in [2.24, 2.45) is 5.92 Å². The van der Waals surface area contributed by atoms with Crippen molar-refractivity contribution >= 4 is 11.9 Å². The molecule has 1 rings (SSSR count). The molecule has 0 spiro atoms. The van der Waals surface area contributed by atoms with Crippen molar-refractivity contribution in [3.8, 4) is 0 Å². The number of rotatable bonds is 6. The Morgan fingerprint density at radius 2 is 1.48 bits per heavy atom. The van der Waals surface area contributed by atoms with E-state index in [0.717, 1.165) is 7.11 Å². The van der Waals surface area contributed by atoms with E-state index in [0.29, 0.717) is 12.1 Å². The Morgan fingerprint density at radius 3 is 1.85 bits per heavy atom. The number of carbonyl (C=O) groups excluding carboxylic acids is 2. The predicted octanol–water partition coefficient (Wildman–Crippen LogP) is 3.97. The number of halogens is 6. The van der Waals surface area contributed by atoms with Gasteiger partial charge in [0.25, 0.3) is 0 Å². The lowest BCUT2D eigenvalue weighted by atomic mass is 10.0. The molecule has 0 heterocycles. The standard InChI is InChI=1S/C17H19F6NO3/c1-9(2)4-13(15(26)27-3)24-14(25)7-10-5-11(16(18,19)20)8-12(6-10)17(21,22)23/h5-6,8-9,13H,4,7H2,1-3H3,(H,24,25)/t13-/m0/s1. The van der Waals surface area contributed by atoms with Crippen molar-refractivity contribution in [3.63, 3.8) is 0 Å². The highest BCUT2D eigenvalue weighted by atomic mass is 19.4. The van der Waals surface area contributed by atoms with E-state index >= 15 is 0 Å². The van der Waals surface area contributed by atoms with Gasteiger partial charge in [0.1, 0.15) is 6.04 Å². The summed E-state index contributed by atoms with van der Waals surface area (Å²) in [5.74, 6) is -1.66. The van der Waals surface area contributed by atoms with Crippen LogP contribution in [0.3, 0.4) is 0 Å². The minimum atomic E-state index is -5.00. The van der Waals surface area contributed by atoms with Gasteiger partial charge in [-0.05, 0) is 36.1 Å². The third-order valence-electron chi connectivity index (χ3n) is 3.54. The largest absolute Gasteiger partial charge is 0.467 e. The van der Waals surface area contributed by atoms with E-state index in [1.54, 1.807) is 13.8 Å². The van der Waals surface area contributed by atoms with Crippen LogP contribution in [0, 0.1) is 5.92 Å². The number of carbonyl (C=O) groups is 2. The molecule has 0 saturated heterocycles. The molecule has 0 aliphatic rings. The molecule has 1 aromatic carbocycles. The van der Waals surface area contributed by atoms with Crippen LogP contribution in [-0.4, -0.2) is 25.0 Å². The van der Waals surface area contributed by atoms with Gasteiger partial charge in [-0.3, -0.25) is 4.79 Å². The summed E-state index contributed by atoms with van der Waals surface area (Å²) in [4.78, 5) is 23.7. The number of hydrogen-bond donors (Lipinski definition) is 1. The summed E-state index contributed by atoms with van der Waals surface area (Å²) < 4.78 is 81.6. The van der Waals surface area contributed by atoms with Crippen LogP contribution in [0.5, 0.6) is 0 Å². The fourth-order valence-electron chi connectivity index (χ4n) is 2.38. The van der Waals surface area contributed by atoms with Gasteiger partial charge in [-0.25, -0.2) is 4.79 Å². The molecule has 0 radical (unpaired) electrons. The molecule has 1 amide bonds. The maximum Gasteiger partial charge on any atom is 0.416 e. The number of amides is 1. The molecule has 10 heteroatoms. The minimum Gasteiger partial charge on any atom is -0.467 e. The molecule has 0 fully saturated rings. The predicted molar refractivity (Wildman–Crippen MR) is 83.6 cm³/mol. The lowest BCUT2D eigenvalue weighted by molar-refractivity contribution is -0.145. The van der Waals surface area contributed by atoms with Crippen LogP contribution in [0.4, 0.5) is 26.3 Å². The van der Waals surface area contributed by atoms with Crippen LogP contribution in [-0.2, 0) is 33.1 Å². The molecular weight excluding hydrogens is 380 g/mol. The molecule has 27 heavy (non-hydrogen) atoms. The van der Waals surface area contributed by atoms with Crippen molar-refractivity contribution in [1.82, 2.24) is 5.32 Å². The number of ether oxygens (including phenoxy) is 1. The fraction of sp³-hybridized carbons (Fsp3) is 0.529. The third kappa shape index (κ3) is 7.10. The average Bonchev–Trinajstić information content (AvgIpc) is 2.50. The normalized spacial score (nSPS) is 13.4. The molecule has 1 N–H and O–H groups in total. The Balaban J connectivity index is 3.08. The number of methoxy groups -OCH3 is 1. The smallest absolute Gasteiger partial charge is 0.416 e. The Labute approximate surface area is 151 Å². The minimum absolute atomic E-state index is 0.0141. The molecule has 0 aliphatic heterocycles. The van der Waals surface area contributed by atoms with Crippen LogP contribution in [0.25, 0.3) is 0 Å². The van der Waals surface area contributed by atoms with Crippen molar-refractivity contribution < 1.29 is 40.7 Å². The van der Waals surface area contributed by atoms with E-state index in [1.165, 1.54) is 0 Å². The fourth-order valence-corrected chi connectivity index (χ4v) is 2.38. The van der Waals surface area contributed by atoms with Crippen LogP contribution < -0.4 is 5.32 Å². The van der Waals surface area contributed by atoms with E-state index in [-0.39, 0.29) is 18.4 Å². The van der Waals surface area contributed by atoms with Crippen LogP contribution in [0.1, 0.15) is 37.0 Å². The first kappa shape index (κ1) is 22.8. The lowest BCUT2D eigenvalue weighted by Crippen LogP contribution is -2.43. The number of alkyl halides is 6. The molecular formula is C17H19F6NO3. The summed E-state index contributed by atoms with van der Waals surface area (Å²) in [7, 11) is 1.10. The third-order valence-corrected chi connectivity index (χ3v) is 3.54. The molecule has 0 aliphatic carbocycles.